The average Bonchev–Trinajstić information content (AvgIpc) is 2.39. The Morgan fingerprint density at radius 1 is 1.30 bits per heavy atom. The van der Waals surface area contributed by atoms with E-state index in [2.05, 4.69) is 21.2 Å². The highest BCUT2D eigenvalue weighted by Crippen LogP contribution is 2.21. The van der Waals surface area contributed by atoms with E-state index in [1.807, 2.05) is 25.1 Å². The van der Waals surface area contributed by atoms with Crippen LogP contribution in [0.5, 0.6) is 0 Å². The van der Waals surface area contributed by atoms with Crippen LogP contribution in [0.1, 0.15) is 21.5 Å². The third-order valence-electron chi connectivity index (χ3n) is 2.95. The predicted octanol–water partition coefficient (Wildman–Crippen LogP) is 4.21. The summed E-state index contributed by atoms with van der Waals surface area (Å²) in [6.07, 6.45) is 0. The highest BCUT2D eigenvalue weighted by Gasteiger charge is 2.08. The monoisotopic (exact) mass is 337 g/mol. The highest BCUT2D eigenvalue weighted by atomic mass is 79.9. The van der Waals surface area contributed by atoms with Gasteiger partial charge < -0.3 is 10.4 Å². The fourth-order valence-corrected chi connectivity index (χ4v) is 2.33. The number of anilines is 1. The first-order valence-corrected chi connectivity index (χ1v) is 6.78. The van der Waals surface area contributed by atoms with Crippen LogP contribution >= 0.6 is 15.9 Å². The van der Waals surface area contributed by atoms with E-state index in [9.17, 15) is 9.18 Å². The van der Waals surface area contributed by atoms with Gasteiger partial charge in [0.05, 0.1) is 5.56 Å². The van der Waals surface area contributed by atoms with E-state index in [1.165, 1.54) is 18.2 Å². The number of rotatable bonds is 4. The maximum Gasteiger partial charge on any atom is 0.335 e. The molecule has 0 aliphatic heterocycles. The van der Waals surface area contributed by atoms with Gasteiger partial charge in [-0.3, -0.25) is 0 Å². The summed E-state index contributed by atoms with van der Waals surface area (Å²) in [5, 5.41) is 12.0. The number of hydrogen-bond acceptors (Lipinski definition) is 2. The van der Waals surface area contributed by atoms with E-state index >= 15 is 0 Å². The molecule has 0 amide bonds. The van der Waals surface area contributed by atoms with Crippen molar-refractivity contribution in [1.82, 2.24) is 0 Å². The molecule has 5 heteroatoms. The Kier molecular flexibility index (Phi) is 4.39. The summed E-state index contributed by atoms with van der Waals surface area (Å²) in [6, 6.07) is 9.50. The lowest BCUT2D eigenvalue weighted by Crippen LogP contribution is -2.05. The Bertz CT molecular complexity index is 658. The van der Waals surface area contributed by atoms with Crippen molar-refractivity contribution in [3.8, 4) is 0 Å². The number of hydrogen-bond donors (Lipinski definition) is 2. The van der Waals surface area contributed by atoms with Gasteiger partial charge in [-0.25, -0.2) is 9.18 Å². The normalized spacial score (nSPS) is 10.3. The van der Waals surface area contributed by atoms with Gasteiger partial charge in [0.2, 0.25) is 0 Å². The van der Waals surface area contributed by atoms with Gasteiger partial charge in [0.25, 0.3) is 0 Å². The molecule has 2 aromatic carbocycles. The van der Waals surface area contributed by atoms with Crippen molar-refractivity contribution < 1.29 is 14.3 Å². The van der Waals surface area contributed by atoms with Crippen LogP contribution in [-0.4, -0.2) is 11.1 Å². The number of nitrogens with one attached hydrogen (secondary N) is 1. The molecule has 3 nitrogen and oxygen atoms in total. The van der Waals surface area contributed by atoms with Gasteiger partial charge in [-0.05, 0) is 48.9 Å². The van der Waals surface area contributed by atoms with Crippen molar-refractivity contribution in [1.29, 1.82) is 0 Å². The summed E-state index contributed by atoms with van der Waals surface area (Å²) in [5.41, 5.74) is 2.31. The number of carboxylic acid groups (broad SMARTS) is 1. The zero-order valence-corrected chi connectivity index (χ0v) is 12.4. The molecule has 20 heavy (non-hydrogen) atoms. The molecule has 2 N–H and O–H groups in total. The zero-order valence-electron chi connectivity index (χ0n) is 10.8. The van der Waals surface area contributed by atoms with E-state index in [0.29, 0.717) is 5.56 Å². The molecule has 0 bridgehead atoms. The summed E-state index contributed by atoms with van der Waals surface area (Å²) in [6.45, 7) is 2.17. The molecular formula is C15H13BrFNO2. The van der Waals surface area contributed by atoms with E-state index in [1.54, 1.807) is 0 Å². The Morgan fingerprint density at radius 2 is 2.05 bits per heavy atom. The zero-order chi connectivity index (χ0) is 14.7. The van der Waals surface area contributed by atoms with Crippen LogP contribution in [0.15, 0.2) is 40.9 Å². The first kappa shape index (κ1) is 14.5. The van der Waals surface area contributed by atoms with Crippen molar-refractivity contribution in [2.75, 3.05) is 5.32 Å². The van der Waals surface area contributed by atoms with E-state index in [-0.39, 0.29) is 12.1 Å². The van der Waals surface area contributed by atoms with Crippen LogP contribution in [0.2, 0.25) is 0 Å². The Morgan fingerprint density at radius 3 is 2.70 bits per heavy atom. The molecule has 0 saturated carbocycles. The third kappa shape index (κ3) is 3.36. The van der Waals surface area contributed by atoms with Crippen LogP contribution in [0.3, 0.4) is 0 Å². The molecule has 0 radical (unpaired) electrons. The molecule has 0 unspecified atom stereocenters. The third-order valence-corrected chi connectivity index (χ3v) is 3.44. The molecule has 0 fully saturated rings. The summed E-state index contributed by atoms with van der Waals surface area (Å²) in [5.74, 6) is -1.48. The number of halogens is 2. The summed E-state index contributed by atoms with van der Waals surface area (Å²) in [7, 11) is 0. The molecule has 2 aromatic rings. The second-order valence-electron chi connectivity index (χ2n) is 4.42. The molecule has 0 aromatic heterocycles. The van der Waals surface area contributed by atoms with Gasteiger partial charge in [-0.15, -0.1) is 0 Å². The van der Waals surface area contributed by atoms with Crippen LogP contribution in [0.25, 0.3) is 0 Å². The second-order valence-corrected chi connectivity index (χ2v) is 5.34. The maximum atomic E-state index is 13.7. The fraction of sp³-hybridized carbons (Fsp3) is 0.133. The summed E-state index contributed by atoms with van der Waals surface area (Å²) < 4.78 is 14.6. The van der Waals surface area contributed by atoms with Gasteiger partial charge in [0.1, 0.15) is 5.82 Å². The summed E-state index contributed by atoms with van der Waals surface area (Å²) in [4.78, 5) is 10.9. The van der Waals surface area contributed by atoms with Crippen molar-refractivity contribution in [2.24, 2.45) is 0 Å². The van der Waals surface area contributed by atoms with Crippen LogP contribution in [0.4, 0.5) is 10.1 Å². The second kappa shape index (κ2) is 6.05. The van der Waals surface area contributed by atoms with Crippen molar-refractivity contribution in [2.45, 2.75) is 13.5 Å². The Balaban J connectivity index is 2.18. The first-order valence-electron chi connectivity index (χ1n) is 5.99. The van der Waals surface area contributed by atoms with E-state index in [4.69, 9.17) is 5.11 Å². The molecular weight excluding hydrogens is 325 g/mol. The van der Waals surface area contributed by atoms with Gasteiger partial charge in [0, 0.05) is 22.3 Å². The molecule has 0 aliphatic rings. The van der Waals surface area contributed by atoms with Gasteiger partial charge in [-0.2, -0.15) is 0 Å². The predicted molar refractivity (Wildman–Crippen MR) is 79.6 cm³/mol. The minimum Gasteiger partial charge on any atom is -0.478 e. The van der Waals surface area contributed by atoms with Crippen LogP contribution in [-0.2, 0) is 6.54 Å². The van der Waals surface area contributed by atoms with Gasteiger partial charge in [0.15, 0.2) is 0 Å². The minimum absolute atomic E-state index is 0.0794. The molecule has 0 spiro atoms. The lowest BCUT2D eigenvalue weighted by molar-refractivity contribution is 0.0696. The topological polar surface area (TPSA) is 49.3 Å². The molecule has 104 valence electrons. The maximum absolute atomic E-state index is 13.7. The molecule has 0 heterocycles. The standard InChI is InChI=1S/C15H13BrFNO2/c1-9-6-12(16)3-5-14(9)18-8-11-7-10(15(19)20)2-4-13(11)17/h2-7,18H,8H2,1H3,(H,19,20). The van der Waals surface area contributed by atoms with E-state index in [0.717, 1.165) is 15.7 Å². The number of aryl methyl sites for hydroxylation is 1. The minimum atomic E-state index is -1.06. The number of carboxylic acids is 1. The van der Waals surface area contributed by atoms with Crippen molar-refractivity contribution in [3.05, 3.63) is 63.4 Å². The average molecular weight is 338 g/mol. The molecule has 2 rings (SSSR count). The Labute approximate surface area is 124 Å². The quantitative estimate of drug-likeness (QED) is 0.878. The number of benzene rings is 2. The Hall–Kier alpha value is -1.88. The van der Waals surface area contributed by atoms with Crippen molar-refractivity contribution in [3.63, 3.8) is 0 Å². The lowest BCUT2D eigenvalue weighted by Gasteiger charge is -2.11. The lowest BCUT2D eigenvalue weighted by atomic mass is 10.1. The van der Waals surface area contributed by atoms with Gasteiger partial charge in [-0.1, -0.05) is 15.9 Å². The molecule has 0 aliphatic carbocycles. The SMILES string of the molecule is Cc1cc(Br)ccc1NCc1cc(C(=O)O)ccc1F. The fourth-order valence-electron chi connectivity index (χ4n) is 1.86. The van der Waals surface area contributed by atoms with Crippen LogP contribution in [0, 0.1) is 12.7 Å². The smallest absolute Gasteiger partial charge is 0.335 e. The van der Waals surface area contributed by atoms with Crippen molar-refractivity contribution >= 4 is 27.6 Å². The highest BCUT2D eigenvalue weighted by molar-refractivity contribution is 9.10. The molecule has 0 saturated heterocycles. The number of carbonyl (C=O) groups is 1. The van der Waals surface area contributed by atoms with Gasteiger partial charge >= 0.3 is 5.97 Å². The molecule has 0 atom stereocenters. The number of aromatic carboxylic acids is 1. The largest absolute Gasteiger partial charge is 0.478 e. The van der Waals surface area contributed by atoms with Crippen LogP contribution < -0.4 is 5.32 Å². The summed E-state index contributed by atoms with van der Waals surface area (Å²) >= 11 is 3.38. The van der Waals surface area contributed by atoms with E-state index < -0.39 is 11.8 Å². The first-order chi connectivity index (χ1) is 9.47.